The fraction of sp³-hybridized carbons (Fsp3) is 0.391. The molecule has 1 aliphatic carbocycles. The maximum atomic E-state index is 11.1. The van der Waals surface area contributed by atoms with Crippen LogP contribution in [0.15, 0.2) is 47.6 Å². The first-order chi connectivity index (χ1) is 12.5. The van der Waals surface area contributed by atoms with Gasteiger partial charge in [-0.2, -0.15) is 0 Å². The first kappa shape index (κ1) is 18.4. The highest BCUT2D eigenvalue weighted by Crippen LogP contribution is 2.53. The molecule has 3 nitrogen and oxygen atoms in total. The highest BCUT2D eigenvalue weighted by molar-refractivity contribution is 6.00. The van der Waals surface area contributed by atoms with E-state index < -0.39 is 5.97 Å². The molecule has 0 saturated heterocycles. The van der Waals surface area contributed by atoms with E-state index in [9.17, 15) is 4.79 Å². The Morgan fingerprint density at radius 1 is 0.962 bits per heavy atom. The van der Waals surface area contributed by atoms with Gasteiger partial charge in [-0.3, -0.25) is 0 Å². The fourth-order valence-electron chi connectivity index (χ4n) is 4.38. The lowest BCUT2D eigenvalue weighted by atomic mass is 9.71. The van der Waals surface area contributed by atoms with E-state index in [1.165, 1.54) is 29.2 Å². The van der Waals surface area contributed by atoms with Crippen LogP contribution in [-0.4, -0.2) is 11.7 Å². The second-order valence-corrected chi connectivity index (χ2v) is 7.15. The van der Waals surface area contributed by atoms with Crippen LogP contribution >= 0.6 is 0 Å². The summed E-state index contributed by atoms with van der Waals surface area (Å²) in [7, 11) is 0. The average Bonchev–Trinajstić information content (AvgIpc) is 2.90. The molecule has 1 aliphatic rings. The van der Waals surface area contributed by atoms with Gasteiger partial charge in [0.15, 0.2) is 0 Å². The molecule has 0 aliphatic heterocycles. The molecule has 0 amide bonds. The molecule has 0 spiro atoms. The minimum absolute atomic E-state index is 0.0626. The number of oxime groups is 1. The van der Waals surface area contributed by atoms with Crippen LogP contribution in [0.25, 0.3) is 11.1 Å². The van der Waals surface area contributed by atoms with Crippen LogP contribution < -0.4 is 0 Å². The predicted molar refractivity (Wildman–Crippen MR) is 106 cm³/mol. The number of fused-ring (bicyclic) bond motifs is 3. The van der Waals surface area contributed by atoms with E-state index in [2.05, 4.69) is 61.5 Å². The zero-order chi connectivity index (χ0) is 18.7. The van der Waals surface area contributed by atoms with Crippen molar-refractivity contribution >= 4 is 11.7 Å². The van der Waals surface area contributed by atoms with Gasteiger partial charge in [0.1, 0.15) is 0 Å². The summed E-state index contributed by atoms with van der Waals surface area (Å²) >= 11 is 0. The molecule has 136 valence electrons. The van der Waals surface area contributed by atoms with Crippen LogP contribution in [0.5, 0.6) is 0 Å². The Morgan fingerprint density at radius 2 is 1.62 bits per heavy atom. The third-order valence-corrected chi connectivity index (χ3v) is 5.35. The molecule has 0 N–H and O–H groups in total. The summed E-state index contributed by atoms with van der Waals surface area (Å²) in [6.07, 6.45) is 4.54. The molecular formula is C23H27NO2. The average molecular weight is 349 g/mol. The van der Waals surface area contributed by atoms with E-state index >= 15 is 0 Å². The quantitative estimate of drug-likeness (QED) is 0.373. The molecule has 0 fully saturated rings. The van der Waals surface area contributed by atoms with Crippen molar-refractivity contribution in [2.45, 2.75) is 58.8 Å². The van der Waals surface area contributed by atoms with Crippen molar-refractivity contribution in [3.05, 3.63) is 59.2 Å². The molecule has 0 heterocycles. The maximum absolute atomic E-state index is 11.1. The standard InChI is InChI=1S/C23H27NO2/c1-5-13-23(14-6-2)21-10-8-7-9-19(21)20-12-11-18(15-22(20)23)16(3)24-26-17(4)25/h7-12,15H,5-6,13-14H2,1-4H3. The first-order valence-electron chi connectivity index (χ1n) is 9.50. The minimum atomic E-state index is -0.399. The number of carbonyl (C=O) groups excluding carboxylic acids is 1. The van der Waals surface area contributed by atoms with Crippen LogP contribution in [0.1, 0.15) is 70.1 Å². The number of nitrogens with zero attached hydrogens (tertiary/aromatic N) is 1. The minimum Gasteiger partial charge on any atom is -0.318 e. The topological polar surface area (TPSA) is 38.7 Å². The van der Waals surface area contributed by atoms with Gasteiger partial charge in [-0.1, -0.05) is 68.2 Å². The molecule has 2 aromatic rings. The Balaban J connectivity index is 2.16. The smallest absolute Gasteiger partial charge is 0.318 e. The molecule has 0 unspecified atom stereocenters. The van der Waals surface area contributed by atoms with Gasteiger partial charge in [-0.05, 0) is 53.6 Å². The van der Waals surface area contributed by atoms with Crippen LogP contribution in [0.4, 0.5) is 0 Å². The molecular weight excluding hydrogens is 322 g/mol. The molecule has 0 bridgehead atoms. The molecule has 0 atom stereocenters. The summed E-state index contributed by atoms with van der Waals surface area (Å²) in [6.45, 7) is 7.77. The van der Waals surface area contributed by atoms with Crippen LogP contribution in [0, 0.1) is 0 Å². The lowest BCUT2D eigenvalue weighted by Gasteiger charge is -2.32. The van der Waals surface area contributed by atoms with Crippen molar-refractivity contribution in [1.29, 1.82) is 0 Å². The monoisotopic (exact) mass is 349 g/mol. The molecule has 2 aromatic carbocycles. The van der Waals surface area contributed by atoms with Crippen molar-refractivity contribution in [2.75, 3.05) is 0 Å². The van der Waals surface area contributed by atoms with Crippen molar-refractivity contribution in [3.63, 3.8) is 0 Å². The van der Waals surface area contributed by atoms with Gasteiger partial charge >= 0.3 is 5.97 Å². The largest absolute Gasteiger partial charge is 0.331 e. The van der Waals surface area contributed by atoms with Crippen molar-refractivity contribution in [1.82, 2.24) is 0 Å². The Bertz CT molecular complexity index is 845. The summed E-state index contributed by atoms with van der Waals surface area (Å²) in [6, 6.07) is 15.3. The Kier molecular flexibility index (Phi) is 5.26. The molecule has 0 radical (unpaired) electrons. The predicted octanol–water partition coefficient (Wildman–Crippen LogP) is 5.84. The van der Waals surface area contributed by atoms with E-state index in [1.54, 1.807) is 0 Å². The van der Waals surface area contributed by atoms with E-state index in [-0.39, 0.29) is 5.41 Å². The highest BCUT2D eigenvalue weighted by atomic mass is 16.7. The van der Waals surface area contributed by atoms with Gasteiger partial charge in [0.2, 0.25) is 0 Å². The van der Waals surface area contributed by atoms with E-state index in [0.29, 0.717) is 0 Å². The SMILES string of the molecule is CCCC1(CCC)c2ccccc2-c2ccc(C(C)=NOC(C)=O)cc21. The van der Waals surface area contributed by atoms with Crippen molar-refractivity contribution in [3.8, 4) is 11.1 Å². The highest BCUT2D eigenvalue weighted by Gasteiger charge is 2.41. The lowest BCUT2D eigenvalue weighted by molar-refractivity contribution is -0.140. The van der Waals surface area contributed by atoms with Gasteiger partial charge in [0, 0.05) is 12.3 Å². The summed E-state index contributed by atoms with van der Waals surface area (Å²) in [4.78, 5) is 15.9. The molecule has 26 heavy (non-hydrogen) atoms. The zero-order valence-corrected chi connectivity index (χ0v) is 16.1. The lowest BCUT2D eigenvalue weighted by Crippen LogP contribution is -2.25. The molecule has 3 rings (SSSR count). The van der Waals surface area contributed by atoms with Crippen molar-refractivity contribution < 1.29 is 9.63 Å². The Hall–Kier alpha value is -2.42. The van der Waals surface area contributed by atoms with E-state index in [4.69, 9.17) is 4.84 Å². The van der Waals surface area contributed by atoms with Gasteiger partial charge in [-0.25, -0.2) is 4.79 Å². The number of benzene rings is 2. The number of rotatable bonds is 6. The normalized spacial score (nSPS) is 14.7. The van der Waals surface area contributed by atoms with Gasteiger partial charge in [-0.15, -0.1) is 0 Å². The number of carbonyl (C=O) groups is 1. The molecule has 0 saturated carbocycles. The fourth-order valence-corrected chi connectivity index (χ4v) is 4.38. The summed E-state index contributed by atoms with van der Waals surface area (Å²) in [5, 5.41) is 3.98. The third-order valence-electron chi connectivity index (χ3n) is 5.35. The second kappa shape index (κ2) is 7.45. The molecule has 0 aromatic heterocycles. The molecule has 3 heteroatoms. The Morgan fingerprint density at radius 3 is 2.27 bits per heavy atom. The van der Waals surface area contributed by atoms with E-state index in [1.807, 2.05) is 6.92 Å². The van der Waals surface area contributed by atoms with Gasteiger partial charge in [0.25, 0.3) is 0 Å². The van der Waals surface area contributed by atoms with E-state index in [0.717, 1.165) is 37.0 Å². The summed E-state index contributed by atoms with van der Waals surface area (Å²) < 4.78 is 0. The second-order valence-electron chi connectivity index (χ2n) is 7.15. The van der Waals surface area contributed by atoms with Crippen LogP contribution in [0.2, 0.25) is 0 Å². The Labute approximate surface area is 156 Å². The number of hydrogen-bond donors (Lipinski definition) is 0. The van der Waals surface area contributed by atoms with Crippen LogP contribution in [-0.2, 0) is 15.0 Å². The number of hydrogen-bond acceptors (Lipinski definition) is 3. The van der Waals surface area contributed by atoms with Crippen molar-refractivity contribution in [2.24, 2.45) is 5.16 Å². The van der Waals surface area contributed by atoms with Crippen LogP contribution in [0.3, 0.4) is 0 Å². The maximum Gasteiger partial charge on any atom is 0.331 e. The van der Waals surface area contributed by atoms with Gasteiger partial charge in [0.05, 0.1) is 5.71 Å². The third kappa shape index (κ3) is 3.07. The van der Waals surface area contributed by atoms with Gasteiger partial charge < -0.3 is 4.84 Å². The summed E-state index contributed by atoms with van der Waals surface area (Å²) in [5.74, 6) is -0.399. The zero-order valence-electron chi connectivity index (χ0n) is 16.1. The first-order valence-corrected chi connectivity index (χ1v) is 9.50. The summed E-state index contributed by atoms with van der Waals surface area (Å²) in [5.41, 5.74) is 7.31.